The van der Waals surface area contributed by atoms with Gasteiger partial charge < -0.3 is 5.32 Å². The van der Waals surface area contributed by atoms with Gasteiger partial charge in [-0.1, -0.05) is 54.1 Å². The van der Waals surface area contributed by atoms with E-state index in [4.69, 9.17) is 0 Å². The number of carbonyl (C=O) groups excluding carboxylic acids is 3. The lowest BCUT2D eigenvalue weighted by atomic mass is 10.00. The molecule has 0 atom stereocenters. The predicted octanol–water partition coefficient (Wildman–Crippen LogP) is 5.36. The van der Waals surface area contributed by atoms with Crippen LogP contribution in [0.1, 0.15) is 55.1 Å². The molecule has 2 aromatic heterocycles. The molecule has 0 spiro atoms. The van der Waals surface area contributed by atoms with Crippen LogP contribution in [-0.4, -0.2) is 37.0 Å². The van der Waals surface area contributed by atoms with Crippen LogP contribution in [0.2, 0.25) is 0 Å². The Morgan fingerprint density at radius 2 is 1.37 bits per heavy atom. The molecule has 0 fully saturated rings. The maximum atomic E-state index is 14.1. The Balaban J connectivity index is 1.64. The second-order valence-electron chi connectivity index (χ2n) is 8.93. The van der Waals surface area contributed by atoms with Crippen molar-refractivity contribution in [1.29, 1.82) is 0 Å². The van der Waals surface area contributed by atoms with Crippen molar-refractivity contribution < 1.29 is 14.4 Å². The molecule has 0 aliphatic rings. The van der Waals surface area contributed by atoms with Crippen molar-refractivity contribution in [2.45, 2.75) is 20.8 Å². The van der Waals surface area contributed by atoms with E-state index in [1.807, 2.05) is 67.6 Å². The van der Waals surface area contributed by atoms with Crippen molar-refractivity contribution >= 4 is 23.2 Å². The van der Waals surface area contributed by atoms with E-state index in [-0.39, 0.29) is 28.3 Å². The summed E-state index contributed by atoms with van der Waals surface area (Å²) >= 11 is 0. The molecule has 1 amide bonds. The summed E-state index contributed by atoms with van der Waals surface area (Å²) in [7, 11) is 0. The molecule has 38 heavy (non-hydrogen) atoms. The summed E-state index contributed by atoms with van der Waals surface area (Å²) in [6.07, 6.45) is 1.53. The van der Waals surface area contributed by atoms with Gasteiger partial charge >= 0.3 is 0 Å². The van der Waals surface area contributed by atoms with E-state index in [9.17, 15) is 14.4 Å². The third-order valence-electron chi connectivity index (χ3n) is 6.18. The molecule has 0 unspecified atom stereocenters. The Labute approximate surface area is 219 Å². The third kappa shape index (κ3) is 4.67. The summed E-state index contributed by atoms with van der Waals surface area (Å²) in [5, 5.41) is 11.8. The number of rotatable bonds is 7. The van der Waals surface area contributed by atoms with Crippen LogP contribution < -0.4 is 5.32 Å². The first-order valence-corrected chi connectivity index (χ1v) is 12.1. The number of hydrogen-bond acceptors (Lipinski definition) is 5. The van der Waals surface area contributed by atoms with Crippen LogP contribution in [0, 0.1) is 13.8 Å². The van der Waals surface area contributed by atoms with Crippen molar-refractivity contribution in [2.24, 2.45) is 0 Å². The first-order chi connectivity index (χ1) is 18.3. The summed E-state index contributed by atoms with van der Waals surface area (Å²) in [4.78, 5) is 40.0. The summed E-state index contributed by atoms with van der Waals surface area (Å²) in [5.74, 6) is -1.40. The van der Waals surface area contributed by atoms with Crippen LogP contribution in [-0.2, 0) is 0 Å². The summed E-state index contributed by atoms with van der Waals surface area (Å²) in [6.45, 7) is 5.06. The number of anilines is 1. The molecular formula is C30H25N5O3. The largest absolute Gasteiger partial charge is 0.321 e. The molecule has 3 aromatic carbocycles. The number of Topliss-reactive ketones (excluding diaryl/α,β-unsaturated/α-hetero) is 1. The van der Waals surface area contributed by atoms with E-state index in [1.165, 1.54) is 17.8 Å². The summed E-state index contributed by atoms with van der Waals surface area (Å²) < 4.78 is 3.06. The van der Waals surface area contributed by atoms with Crippen molar-refractivity contribution in [3.05, 3.63) is 125 Å². The molecule has 0 saturated carbocycles. The zero-order valence-corrected chi connectivity index (χ0v) is 21.2. The lowest BCUT2D eigenvalue weighted by Gasteiger charge is -2.05. The van der Waals surface area contributed by atoms with E-state index < -0.39 is 11.7 Å². The second-order valence-corrected chi connectivity index (χ2v) is 8.93. The van der Waals surface area contributed by atoms with Gasteiger partial charge in [-0.2, -0.15) is 10.2 Å². The zero-order chi connectivity index (χ0) is 26.8. The molecule has 2 heterocycles. The van der Waals surface area contributed by atoms with Gasteiger partial charge in [-0.3, -0.25) is 14.4 Å². The topological polar surface area (TPSA) is 98.9 Å². The van der Waals surface area contributed by atoms with Crippen LogP contribution in [0.5, 0.6) is 0 Å². The maximum absolute atomic E-state index is 14.1. The number of ketones is 2. The van der Waals surface area contributed by atoms with Gasteiger partial charge in [0.1, 0.15) is 5.69 Å². The van der Waals surface area contributed by atoms with Gasteiger partial charge in [-0.15, -0.1) is 0 Å². The fourth-order valence-electron chi connectivity index (χ4n) is 4.23. The minimum absolute atomic E-state index is 0.0249. The highest BCUT2D eigenvalue weighted by atomic mass is 16.2. The number of benzene rings is 3. The van der Waals surface area contributed by atoms with Crippen molar-refractivity contribution in [3.63, 3.8) is 0 Å². The van der Waals surface area contributed by atoms with Crippen LogP contribution in [0.25, 0.3) is 11.4 Å². The van der Waals surface area contributed by atoms with Crippen molar-refractivity contribution in [2.75, 3.05) is 5.32 Å². The maximum Gasteiger partial charge on any atom is 0.276 e. The molecule has 0 saturated heterocycles. The van der Waals surface area contributed by atoms with E-state index in [0.29, 0.717) is 22.8 Å². The number of nitrogens with zero attached hydrogens (tertiary/aromatic N) is 4. The number of carbonyl (C=O) groups is 3. The predicted molar refractivity (Wildman–Crippen MR) is 144 cm³/mol. The van der Waals surface area contributed by atoms with Crippen LogP contribution in [0.3, 0.4) is 0 Å². The minimum atomic E-state index is -0.535. The fourth-order valence-corrected chi connectivity index (χ4v) is 4.23. The molecule has 5 rings (SSSR count). The van der Waals surface area contributed by atoms with Crippen molar-refractivity contribution in [3.8, 4) is 11.4 Å². The summed E-state index contributed by atoms with van der Waals surface area (Å²) in [6, 6.07) is 25.7. The number of para-hydroxylation sites is 2. The Hall–Kier alpha value is -5.11. The molecule has 0 bridgehead atoms. The third-order valence-corrected chi connectivity index (χ3v) is 6.18. The van der Waals surface area contributed by atoms with Gasteiger partial charge in [0.25, 0.3) is 5.91 Å². The van der Waals surface area contributed by atoms with E-state index in [1.54, 1.807) is 35.9 Å². The Morgan fingerprint density at radius 1 is 0.737 bits per heavy atom. The lowest BCUT2D eigenvalue weighted by Crippen LogP contribution is -2.17. The fraction of sp³-hybridized carbons (Fsp3) is 0.100. The van der Waals surface area contributed by atoms with Gasteiger partial charge in [0.2, 0.25) is 5.78 Å². The standard InChI is InChI=1S/C30H25N5O3/c1-19-14-16-23(17-15-19)34-18-25(27(32-34)21(3)36)29(37)26-20(2)35(24-12-8-5-9-13-24)33-28(26)30(38)31-22-10-6-4-7-11-22/h4-18H,1-3H3,(H,31,38). The monoisotopic (exact) mass is 503 g/mol. The number of amides is 1. The minimum Gasteiger partial charge on any atom is -0.321 e. The average Bonchev–Trinajstić information content (AvgIpc) is 3.52. The quantitative estimate of drug-likeness (QED) is 0.302. The Morgan fingerprint density at radius 3 is 2.00 bits per heavy atom. The first kappa shape index (κ1) is 24.6. The molecular weight excluding hydrogens is 478 g/mol. The SMILES string of the molecule is CC(=O)c1nn(-c2ccc(C)cc2)cc1C(=O)c1c(C(=O)Nc2ccccc2)nn(-c2ccccc2)c1C. The molecule has 5 aromatic rings. The van der Waals surface area contributed by atoms with E-state index in [2.05, 4.69) is 15.5 Å². The molecule has 0 aliphatic heterocycles. The number of hydrogen-bond donors (Lipinski definition) is 1. The van der Waals surface area contributed by atoms with Gasteiger partial charge in [-0.25, -0.2) is 9.36 Å². The lowest BCUT2D eigenvalue weighted by molar-refractivity contribution is 0.0981. The van der Waals surface area contributed by atoms with Gasteiger partial charge in [0, 0.05) is 18.8 Å². The highest BCUT2D eigenvalue weighted by Gasteiger charge is 2.31. The average molecular weight is 504 g/mol. The molecule has 1 N–H and O–H groups in total. The Bertz CT molecular complexity index is 1650. The molecule has 8 nitrogen and oxygen atoms in total. The van der Waals surface area contributed by atoms with E-state index in [0.717, 1.165) is 5.56 Å². The first-order valence-electron chi connectivity index (χ1n) is 12.1. The molecule has 0 radical (unpaired) electrons. The number of nitrogens with one attached hydrogen (secondary N) is 1. The van der Waals surface area contributed by atoms with Gasteiger partial charge in [0.05, 0.1) is 28.2 Å². The smallest absolute Gasteiger partial charge is 0.276 e. The van der Waals surface area contributed by atoms with Crippen LogP contribution in [0.4, 0.5) is 5.69 Å². The molecule has 0 aliphatic carbocycles. The van der Waals surface area contributed by atoms with Crippen LogP contribution >= 0.6 is 0 Å². The highest BCUT2D eigenvalue weighted by molar-refractivity contribution is 6.20. The number of aromatic nitrogens is 4. The number of aryl methyl sites for hydroxylation is 1. The second kappa shape index (κ2) is 10.1. The summed E-state index contributed by atoms with van der Waals surface area (Å²) in [5.41, 5.74) is 3.69. The highest BCUT2D eigenvalue weighted by Crippen LogP contribution is 2.25. The van der Waals surface area contributed by atoms with E-state index >= 15 is 0 Å². The van der Waals surface area contributed by atoms with Crippen molar-refractivity contribution in [1.82, 2.24) is 19.6 Å². The normalized spacial score (nSPS) is 10.8. The zero-order valence-electron chi connectivity index (χ0n) is 21.2. The molecule has 188 valence electrons. The van der Waals surface area contributed by atoms with Crippen LogP contribution in [0.15, 0.2) is 91.1 Å². The molecule has 8 heteroatoms. The Kier molecular flexibility index (Phi) is 6.53. The van der Waals surface area contributed by atoms with Gasteiger partial charge in [-0.05, 0) is 50.2 Å². The van der Waals surface area contributed by atoms with Gasteiger partial charge in [0.15, 0.2) is 11.5 Å².